The predicted molar refractivity (Wildman–Crippen MR) is 67.3 cm³/mol. The molecular weight excluding hydrogens is 242 g/mol. The van der Waals surface area contributed by atoms with E-state index in [0.29, 0.717) is 19.3 Å². The second kappa shape index (κ2) is 6.96. The summed E-state index contributed by atoms with van der Waals surface area (Å²) in [4.78, 5) is 10.6. The molecule has 0 aromatic carbocycles. The van der Waals surface area contributed by atoms with Crippen LogP contribution in [0.5, 0.6) is 0 Å². The molecule has 2 unspecified atom stereocenters. The predicted octanol–water partition coefficient (Wildman–Crippen LogP) is 1.59. The molecule has 0 amide bonds. The van der Waals surface area contributed by atoms with Gasteiger partial charge in [-0.3, -0.25) is 4.79 Å². The van der Waals surface area contributed by atoms with Crippen LogP contribution in [0.4, 0.5) is 0 Å². The van der Waals surface area contributed by atoms with Crippen molar-refractivity contribution in [3.8, 4) is 0 Å². The van der Waals surface area contributed by atoms with E-state index in [0.717, 1.165) is 0 Å². The smallest absolute Gasteiger partial charge is 0.306 e. The highest BCUT2D eigenvalue weighted by Crippen LogP contribution is 2.10. The van der Waals surface area contributed by atoms with Crippen molar-refractivity contribution in [2.75, 3.05) is 0 Å². The zero-order valence-corrected chi connectivity index (χ0v) is 11.8. The maximum absolute atomic E-state index is 11.5. The number of carboxylic acid groups (broad SMARTS) is 1. The maximum atomic E-state index is 11.5. The van der Waals surface area contributed by atoms with Gasteiger partial charge in [0.05, 0.1) is 11.2 Å². The number of hydrogen-bond acceptors (Lipinski definition) is 3. The maximum Gasteiger partial charge on any atom is 0.306 e. The van der Waals surface area contributed by atoms with Crippen LogP contribution in [0.25, 0.3) is 0 Å². The summed E-state index contributed by atoms with van der Waals surface area (Å²) in [6, 6.07) is -0.150. The number of rotatable bonds is 8. The topological polar surface area (TPSA) is 83.5 Å². The highest BCUT2D eigenvalue weighted by atomic mass is 32.2. The molecule has 17 heavy (non-hydrogen) atoms. The molecule has 0 heterocycles. The molecule has 0 aromatic rings. The quantitative estimate of drug-likeness (QED) is 0.698. The van der Waals surface area contributed by atoms with Crippen LogP contribution in [-0.4, -0.2) is 30.8 Å². The van der Waals surface area contributed by atoms with Crippen LogP contribution >= 0.6 is 0 Å². The first-order valence-electron chi connectivity index (χ1n) is 5.90. The molecular formula is C11H23NO4S. The van der Waals surface area contributed by atoms with E-state index in [1.807, 2.05) is 0 Å². The Morgan fingerprint density at radius 1 is 1.18 bits per heavy atom. The molecule has 2 atom stereocenters. The molecule has 0 saturated heterocycles. The molecule has 0 aromatic heterocycles. The van der Waals surface area contributed by atoms with Crippen molar-refractivity contribution in [2.24, 2.45) is 5.92 Å². The standard InChI is InChI=1S/C11H23NO4S/c1-8(2)17(15,16)12-10(4)7-5-6-9(3)11(13)14/h8-10,12H,5-7H2,1-4H3,(H,13,14). The van der Waals surface area contributed by atoms with Crippen molar-refractivity contribution in [3.05, 3.63) is 0 Å². The van der Waals surface area contributed by atoms with E-state index in [-0.39, 0.29) is 12.0 Å². The Morgan fingerprint density at radius 2 is 1.71 bits per heavy atom. The number of nitrogens with one attached hydrogen (secondary N) is 1. The Morgan fingerprint density at radius 3 is 2.12 bits per heavy atom. The van der Waals surface area contributed by atoms with Crippen molar-refractivity contribution >= 4 is 16.0 Å². The fraction of sp³-hybridized carbons (Fsp3) is 0.909. The Balaban J connectivity index is 3.97. The van der Waals surface area contributed by atoms with Gasteiger partial charge >= 0.3 is 5.97 Å². The summed E-state index contributed by atoms with van der Waals surface area (Å²) in [6.45, 7) is 6.71. The lowest BCUT2D eigenvalue weighted by Crippen LogP contribution is -2.37. The van der Waals surface area contributed by atoms with Gasteiger partial charge < -0.3 is 5.11 Å². The van der Waals surface area contributed by atoms with Gasteiger partial charge in [-0.2, -0.15) is 0 Å². The van der Waals surface area contributed by atoms with Crippen LogP contribution in [0, 0.1) is 5.92 Å². The summed E-state index contributed by atoms with van der Waals surface area (Å²) < 4.78 is 25.7. The van der Waals surface area contributed by atoms with E-state index in [1.54, 1.807) is 27.7 Å². The van der Waals surface area contributed by atoms with Gasteiger partial charge in [0.25, 0.3) is 0 Å². The van der Waals surface area contributed by atoms with Crippen molar-refractivity contribution in [1.82, 2.24) is 4.72 Å². The first kappa shape index (κ1) is 16.4. The number of hydrogen-bond donors (Lipinski definition) is 2. The van der Waals surface area contributed by atoms with Gasteiger partial charge in [-0.25, -0.2) is 13.1 Å². The van der Waals surface area contributed by atoms with E-state index >= 15 is 0 Å². The van der Waals surface area contributed by atoms with Gasteiger partial charge in [-0.15, -0.1) is 0 Å². The highest BCUT2D eigenvalue weighted by Gasteiger charge is 2.18. The van der Waals surface area contributed by atoms with E-state index in [4.69, 9.17) is 5.11 Å². The second-order valence-electron chi connectivity index (χ2n) is 4.78. The molecule has 2 N–H and O–H groups in total. The molecule has 0 aliphatic carbocycles. The summed E-state index contributed by atoms with van der Waals surface area (Å²) >= 11 is 0. The van der Waals surface area contributed by atoms with E-state index < -0.39 is 21.2 Å². The summed E-state index contributed by atoms with van der Waals surface area (Å²) in [5, 5.41) is 8.25. The normalized spacial score (nSPS) is 15.8. The minimum Gasteiger partial charge on any atom is -0.481 e. The molecule has 0 aliphatic rings. The Hall–Kier alpha value is -0.620. The van der Waals surface area contributed by atoms with Gasteiger partial charge in [-0.1, -0.05) is 13.3 Å². The highest BCUT2D eigenvalue weighted by molar-refractivity contribution is 7.90. The minimum atomic E-state index is -3.23. The third-order valence-corrected chi connectivity index (χ3v) is 4.65. The molecule has 0 saturated carbocycles. The van der Waals surface area contributed by atoms with Crippen LogP contribution < -0.4 is 4.72 Å². The van der Waals surface area contributed by atoms with Gasteiger partial charge in [-0.05, 0) is 33.6 Å². The first-order valence-corrected chi connectivity index (χ1v) is 7.45. The molecule has 0 fully saturated rings. The van der Waals surface area contributed by atoms with Gasteiger partial charge in [0.1, 0.15) is 0 Å². The molecule has 0 rings (SSSR count). The molecule has 0 aliphatic heterocycles. The Labute approximate surface area is 104 Å². The summed E-state index contributed by atoms with van der Waals surface area (Å²) in [7, 11) is -3.23. The summed E-state index contributed by atoms with van der Waals surface area (Å²) in [5.74, 6) is -1.18. The monoisotopic (exact) mass is 265 g/mol. The van der Waals surface area contributed by atoms with Gasteiger partial charge in [0, 0.05) is 6.04 Å². The van der Waals surface area contributed by atoms with Crippen molar-refractivity contribution in [3.63, 3.8) is 0 Å². The SMILES string of the molecule is CC(CCCC(C)C(=O)O)NS(=O)(=O)C(C)C. The van der Waals surface area contributed by atoms with Crippen LogP contribution in [0.3, 0.4) is 0 Å². The zero-order valence-electron chi connectivity index (χ0n) is 10.9. The number of carbonyl (C=O) groups is 1. The number of sulfonamides is 1. The van der Waals surface area contributed by atoms with Crippen LogP contribution in [0.1, 0.15) is 47.0 Å². The lowest BCUT2D eigenvalue weighted by atomic mass is 10.0. The van der Waals surface area contributed by atoms with Crippen LogP contribution in [-0.2, 0) is 14.8 Å². The number of aliphatic carboxylic acids is 1. The Kier molecular flexibility index (Phi) is 6.70. The first-order chi connectivity index (χ1) is 7.66. The lowest BCUT2D eigenvalue weighted by Gasteiger charge is -2.16. The van der Waals surface area contributed by atoms with E-state index in [2.05, 4.69) is 4.72 Å². The third kappa shape index (κ3) is 6.63. The second-order valence-corrected chi connectivity index (χ2v) is 7.05. The molecule has 0 bridgehead atoms. The van der Waals surface area contributed by atoms with Crippen molar-refractivity contribution in [2.45, 2.75) is 58.2 Å². The van der Waals surface area contributed by atoms with Gasteiger partial charge in [0.2, 0.25) is 10.0 Å². The van der Waals surface area contributed by atoms with E-state index in [9.17, 15) is 13.2 Å². The third-order valence-electron chi connectivity index (χ3n) is 2.68. The fourth-order valence-electron chi connectivity index (χ4n) is 1.33. The fourth-order valence-corrected chi connectivity index (χ4v) is 2.28. The van der Waals surface area contributed by atoms with Crippen molar-refractivity contribution in [1.29, 1.82) is 0 Å². The molecule has 102 valence electrons. The summed E-state index contributed by atoms with van der Waals surface area (Å²) in [6.07, 6.45) is 1.93. The van der Waals surface area contributed by atoms with Crippen LogP contribution in [0.2, 0.25) is 0 Å². The number of carboxylic acids is 1. The summed E-state index contributed by atoms with van der Waals surface area (Å²) in [5.41, 5.74) is 0. The van der Waals surface area contributed by atoms with Crippen molar-refractivity contribution < 1.29 is 18.3 Å². The molecule has 0 radical (unpaired) electrons. The Bertz CT molecular complexity index is 337. The lowest BCUT2D eigenvalue weighted by molar-refractivity contribution is -0.141. The average molecular weight is 265 g/mol. The average Bonchev–Trinajstić information content (AvgIpc) is 2.16. The molecule has 0 spiro atoms. The largest absolute Gasteiger partial charge is 0.481 e. The molecule has 6 heteroatoms. The van der Waals surface area contributed by atoms with Crippen LogP contribution in [0.15, 0.2) is 0 Å². The van der Waals surface area contributed by atoms with E-state index in [1.165, 1.54) is 0 Å². The van der Waals surface area contributed by atoms with Gasteiger partial charge in [0.15, 0.2) is 0 Å². The zero-order chi connectivity index (χ0) is 13.6. The minimum absolute atomic E-state index is 0.150. The molecule has 5 nitrogen and oxygen atoms in total.